The van der Waals surface area contributed by atoms with Crippen LogP contribution >= 0.6 is 34.5 Å². The van der Waals surface area contributed by atoms with Crippen LogP contribution in [0.2, 0.25) is 10.0 Å². The van der Waals surface area contributed by atoms with Gasteiger partial charge in [0.25, 0.3) is 10.0 Å². The molecule has 0 radical (unpaired) electrons. The summed E-state index contributed by atoms with van der Waals surface area (Å²) in [7, 11) is -3.73. The van der Waals surface area contributed by atoms with E-state index in [0.717, 1.165) is 5.56 Å². The highest BCUT2D eigenvalue weighted by Crippen LogP contribution is 2.27. The van der Waals surface area contributed by atoms with E-state index >= 15 is 0 Å². The summed E-state index contributed by atoms with van der Waals surface area (Å²) >= 11 is 13.0. The number of sulfonamides is 1. The highest BCUT2D eigenvalue weighted by molar-refractivity contribution is 7.92. The molecule has 4 aromatic rings. The quantitative estimate of drug-likeness (QED) is 0.269. The molecule has 0 aliphatic carbocycles. The first-order valence-electron chi connectivity index (χ1n) is 9.46. The number of carbonyl (C=O) groups is 1. The van der Waals surface area contributed by atoms with Gasteiger partial charge in [0.1, 0.15) is 0 Å². The Kier molecular flexibility index (Phi) is 6.85. The fourth-order valence-corrected chi connectivity index (χ4v) is 4.92. The highest BCUT2D eigenvalue weighted by atomic mass is 35.5. The van der Waals surface area contributed by atoms with Gasteiger partial charge in [-0.15, -0.1) is 11.3 Å². The lowest BCUT2D eigenvalue weighted by Crippen LogP contribution is -2.19. The summed E-state index contributed by atoms with van der Waals surface area (Å²) in [5.41, 5.74) is 2.38. The standard InChI is InChI=1S/C22H16Cl2N4O3S2/c23-15-6-10-19(11-7-15)33(30,31)28-17-8-4-14(5-9-17)20-13-32-22(26-20)27-21(29)25-18-3-1-2-16(24)12-18/h1-13,28H,(H2,25,26,27,29). The Morgan fingerprint density at radius 3 is 2.27 bits per heavy atom. The van der Waals surface area contributed by atoms with Crippen molar-refractivity contribution in [3.63, 3.8) is 0 Å². The minimum Gasteiger partial charge on any atom is -0.308 e. The second kappa shape index (κ2) is 9.80. The Balaban J connectivity index is 1.40. The largest absolute Gasteiger partial charge is 0.325 e. The second-order valence-electron chi connectivity index (χ2n) is 6.76. The lowest BCUT2D eigenvalue weighted by Gasteiger charge is -2.08. The number of thiazole rings is 1. The highest BCUT2D eigenvalue weighted by Gasteiger charge is 2.14. The average Bonchev–Trinajstić information content (AvgIpc) is 3.22. The van der Waals surface area contributed by atoms with Gasteiger partial charge in [-0.3, -0.25) is 10.0 Å². The van der Waals surface area contributed by atoms with Gasteiger partial charge < -0.3 is 5.32 Å². The minimum atomic E-state index is -3.73. The zero-order chi connectivity index (χ0) is 23.4. The molecule has 0 aliphatic rings. The molecule has 11 heteroatoms. The van der Waals surface area contributed by atoms with Crippen LogP contribution in [0.5, 0.6) is 0 Å². The van der Waals surface area contributed by atoms with Crippen molar-refractivity contribution < 1.29 is 13.2 Å². The lowest BCUT2D eigenvalue weighted by molar-refractivity contribution is 0.262. The van der Waals surface area contributed by atoms with E-state index in [1.807, 2.05) is 0 Å². The summed E-state index contributed by atoms with van der Waals surface area (Å²) in [5.74, 6) is 0. The van der Waals surface area contributed by atoms with Crippen LogP contribution in [-0.4, -0.2) is 19.4 Å². The number of amides is 2. The third-order valence-corrected chi connectivity index (χ3v) is 7.01. The molecule has 1 aromatic heterocycles. The normalized spacial score (nSPS) is 11.1. The molecule has 2 amide bonds. The summed E-state index contributed by atoms with van der Waals surface area (Å²) < 4.78 is 27.5. The molecular formula is C22H16Cl2N4O3S2. The van der Waals surface area contributed by atoms with Crippen molar-refractivity contribution in [1.82, 2.24) is 4.98 Å². The number of nitrogens with one attached hydrogen (secondary N) is 3. The molecule has 3 aromatic carbocycles. The summed E-state index contributed by atoms with van der Waals surface area (Å²) in [6.07, 6.45) is 0. The van der Waals surface area contributed by atoms with Crippen LogP contribution in [0.1, 0.15) is 0 Å². The fourth-order valence-electron chi connectivity index (χ4n) is 2.83. The van der Waals surface area contributed by atoms with Crippen LogP contribution in [0.15, 0.2) is 83.1 Å². The molecule has 3 N–H and O–H groups in total. The molecule has 0 aliphatic heterocycles. The van der Waals surface area contributed by atoms with E-state index in [0.29, 0.717) is 32.2 Å². The van der Waals surface area contributed by atoms with Crippen molar-refractivity contribution >= 4 is 67.1 Å². The van der Waals surface area contributed by atoms with Gasteiger partial charge in [0.2, 0.25) is 0 Å². The lowest BCUT2D eigenvalue weighted by atomic mass is 10.1. The van der Waals surface area contributed by atoms with E-state index in [2.05, 4.69) is 20.3 Å². The molecule has 7 nitrogen and oxygen atoms in total. The topological polar surface area (TPSA) is 100 Å². The Morgan fingerprint density at radius 1 is 0.848 bits per heavy atom. The second-order valence-corrected chi connectivity index (χ2v) is 10.2. The van der Waals surface area contributed by atoms with Crippen molar-refractivity contribution in [2.24, 2.45) is 0 Å². The van der Waals surface area contributed by atoms with E-state index in [1.54, 1.807) is 53.9 Å². The molecule has 1 heterocycles. The van der Waals surface area contributed by atoms with Crippen LogP contribution in [0.25, 0.3) is 11.3 Å². The first-order chi connectivity index (χ1) is 15.8. The number of rotatable bonds is 6. The smallest absolute Gasteiger partial charge is 0.308 e. The number of nitrogens with zero attached hydrogens (tertiary/aromatic N) is 1. The van der Waals surface area contributed by atoms with E-state index in [-0.39, 0.29) is 4.90 Å². The molecule has 0 fully saturated rings. The Morgan fingerprint density at radius 2 is 1.58 bits per heavy atom. The maximum atomic E-state index is 12.5. The molecule has 168 valence electrons. The third kappa shape index (κ3) is 6.02. The number of aromatic nitrogens is 1. The van der Waals surface area contributed by atoms with Gasteiger partial charge >= 0.3 is 6.03 Å². The minimum absolute atomic E-state index is 0.113. The van der Waals surface area contributed by atoms with Gasteiger partial charge in [0.15, 0.2) is 5.13 Å². The van der Waals surface area contributed by atoms with Crippen molar-refractivity contribution in [2.45, 2.75) is 4.90 Å². The first-order valence-corrected chi connectivity index (χ1v) is 12.6. The molecule has 0 atom stereocenters. The van der Waals surface area contributed by atoms with Crippen molar-refractivity contribution in [2.75, 3.05) is 15.4 Å². The van der Waals surface area contributed by atoms with E-state index in [1.165, 1.54) is 35.6 Å². The molecule has 0 saturated heterocycles. The SMILES string of the molecule is O=C(Nc1cccc(Cl)c1)Nc1nc(-c2ccc(NS(=O)(=O)c3ccc(Cl)cc3)cc2)cs1. The maximum Gasteiger partial charge on any atom is 0.325 e. The van der Waals surface area contributed by atoms with Crippen molar-refractivity contribution in [3.05, 3.63) is 88.2 Å². The molecule has 0 bridgehead atoms. The van der Waals surface area contributed by atoms with Crippen molar-refractivity contribution in [3.8, 4) is 11.3 Å². The van der Waals surface area contributed by atoms with Crippen molar-refractivity contribution in [1.29, 1.82) is 0 Å². The average molecular weight is 519 g/mol. The number of urea groups is 1. The van der Waals surface area contributed by atoms with Crippen LogP contribution in [0, 0.1) is 0 Å². The fraction of sp³-hybridized carbons (Fsp3) is 0. The Labute approximate surface area is 204 Å². The molecule has 4 rings (SSSR count). The van der Waals surface area contributed by atoms with Gasteiger partial charge in [-0.05, 0) is 54.6 Å². The maximum absolute atomic E-state index is 12.5. The number of hydrogen-bond donors (Lipinski definition) is 3. The zero-order valence-electron chi connectivity index (χ0n) is 16.7. The number of halogens is 2. The predicted molar refractivity (Wildman–Crippen MR) is 134 cm³/mol. The Bertz CT molecular complexity index is 1390. The molecular weight excluding hydrogens is 503 g/mol. The number of hydrogen-bond acceptors (Lipinski definition) is 5. The number of carbonyl (C=O) groups excluding carboxylic acids is 1. The van der Waals surface area contributed by atoms with E-state index in [9.17, 15) is 13.2 Å². The van der Waals surface area contributed by atoms with Gasteiger partial charge in [-0.25, -0.2) is 18.2 Å². The van der Waals surface area contributed by atoms with Gasteiger partial charge in [0, 0.05) is 32.4 Å². The number of anilines is 3. The van der Waals surface area contributed by atoms with Crippen LogP contribution in [-0.2, 0) is 10.0 Å². The summed E-state index contributed by atoms with van der Waals surface area (Å²) in [5, 5.41) is 8.54. The molecule has 33 heavy (non-hydrogen) atoms. The zero-order valence-corrected chi connectivity index (χ0v) is 19.9. The Hall–Kier alpha value is -3.11. The van der Waals surface area contributed by atoms with E-state index < -0.39 is 16.1 Å². The molecule has 0 spiro atoms. The van der Waals surface area contributed by atoms with Crippen LogP contribution in [0.4, 0.5) is 21.3 Å². The molecule has 0 saturated carbocycles. The van der Waals surface area contributed by atoms with E-state index in [4.69, 9.17) is 23.2 Å². The van der Waals surface area contributed by atoms with Gasteiger partial charge in [-0.1, -0.05) is 41.4 Å². The van der Waals surface area contributed by atoms with Crippen LogP contribution < -0.4 is 15.4 Å². The van der Waals surface area contributed by atoms with Gasteiger partial charge in [-0.2, -0.15) is 0 Å². The first kappa shape index (κ1) is 23.1. The monoisotopic (exact) mass is 518 g/mol. The third-order valence-electron chi connectivity index (χ3n) is 4.36. The molecule has 0 unspecified atom stereocenters. The van der Waals surface area contributed by atoms with Crippen LogP contribution in [0.3, 0.4) is 0 Å². The number of benzene rings is 3. The predicted octanol–water partition coefficient (Wildman–Crippen LogP) is 6.56. The summed E-state index contributed by atoms with van der Waals surface area (Å²) in [4.78, 5) is 16.7. The summed E-state index contributed by atoms with van der Waals surface area (Å²) in [6, 6.07) is 19.0. The van der Waals surface area contributed by atoms with Gasteiger partial charge in [0.05, 0.1) is 10.6 Å². The summed E-state index contributed by atoms with van der Waals surface area (Å²) in [6.45, 7) is 0.